The molecule has 0 amide bonds. The third-order valence-corrected chi connectivity index (χ3v) is 10.6. The van der Waals surface area contributed by atoms with E-state index < -0.39 is 0 Å². The number of aromatic nitrogens is 2. The van der Waals surface area contributed by atoms with E-state index in [0.717, 1.165) is 5.52 Å². The monoisotopic (exact) mass is 612 g/mol. The van der Waals surface area contributed by atoms with E-state index in [1.165, 1.54) is 88.4 Å². The molecule has 0 saturated carbocycles. The maximum absolute atomic E-state index is 5.16. The van der Waals surface area contributed by atoms with Crippen LogP contribution in [-0.2, 0) is 5.41 Å². The standard InChI is InChI=1S/C45H33BN2/c1-45(2,3)32-25-35-43-36(26-32)47-27-48(43)44-40(31-19-11-6-12-20-31)38(29-15-7-4-8-16-29)39(30-17-9-5-10-18-30)41-33-23-13-21-28-22-14-24-34(37(28)33)46(35)42(41)44/h4-27H,1-3H3. The lowest BCUT2D eigenvalue weighted by atomic mass is 9.32. The maximum Gasteiger partial charge on any atom is 0.248 e. The van der Waals surface area contributed by atoms with Gasteiger partial charge in [0.25, 0.3) is 0 Å². The van der Waals surface area contributed by atoms with Crippen LogP contribution in [0.25, 0.3) is 72.0 Å². The highest BCUT2D eigenvalue weighted by atomic mass is 15.1. The third kappa shape index (κ3) is 3.73. The molecule has 0 N–H and O–H groups in total. The van der Waals surface area contributed by atoms with E-state index in [2.05, 4.69) is 171 Å². The van der Waals surface area contributed by atoms with E-state index in [0.29, 0.717) is 0 Å². The average molecular weight is 613 g/mol. The van der Waals surface area contributed by atoms with Crippen molar-refractivity contribution < 1.29 is 0 Å². The summed E-state index contributed by atoms with van der Waals surface area (Å²) in [5.41, 5.74) is 19.0. The van der Waals surface area contributed by atoms with Crippen molar-refractivity contribution in [2.45, 2.75) is 26.2 Å². The quantitative estimate of drug-likeness (QED) is 0.182. The highest BCUT2D eigenvalue weighted by molar-refractivity contribution is 7.01. The van der Waals surface area contributed by atoms with E-state index in [1.54, 1.807) is 0 Å². The van der Waals surface area contributed by atoms with Crippen molar-refractivity contribution in [3.8, 4) is 50.2 Å². The van der Waals surface area contributed by atoms with Crippen molar-refractivity contribution in [2.75, 3.05) is 0 Å². The van der Waals surface area contributed by atoms with Gasteiger partial charge < -0.3 is 0 Å². The third-order valence-electron chi connectivity index (χ3n) is 10.6. The number of hydrogen-bond acceptors (Lipinski definition) is 1. The molecule has 226 valence electrons. The molecule has 2 aliphatic heterocycles. The number of hydrogen-bond donors (Lipinski definition) is 0. The van der Waals surface area contributed by atoms with Gasteiger partial charge in [-0.15, -0.1) is 0 Å². The molecule has 48 heavy (non-hydrogen) atoms. The van der Waals surface area contributed by atoms with E-state index in [1.807, 2.05) is 0 Å². The van der Waals surface area contributed by atoms with Gasteiger partial charge in [0.05, 0.1) is 16.7 Å². The van der Waals surface area contributed by atoms with Gasteiger partial charge in [-0.05, 0) is 72.1 Å². The van der Waals surface area contributed by atoms with Crippen LogP contribution in [-0.4, -0.2) is 16.3 Å². The fraction of sp³-hybridized carbons (Fsp3) is 0.0889. The Morgan fingerprint density at radius 3 is 1.77 bits per heavy atom. The van der Waals surface area contributed by atoms with Gasteiger partial charge in [0.15, 0.2) is 0 Å². The Morgan fingerprint density at radius 1 is 0.562 bits per heavy atom. The zero-order chi connectivity index (χ0) is 32.1. The van der Waals surface area contributed by atoms with Gasteiger partial charge in [-0.2, -0.15) is 0 Å². The van der Waals surface area contributed by atoms with Crippen molar-refractivity contribution >= 4 is 44.9 Å². The number of fused-ring (bicyclic) bond motifs is 4. The zero-order valence-corrected chi connectivity index (χ0v) is 27.3. The highest BCUT2D eigenvalue weighted by Crippen LogP contribution is 2.51. The summed E-state index contributed by atoms with van der Waals surface area (Å²) in [6, 6.07) is 51.6. The van der Waals surface area contributed by atoms with Crippen molar-refractivity contribution in [3.05, 3.63) is 151 Å². The molecule has 10 rings (SSSR count). The van der Waals surface area contributed by atoms with Gasteiger partial charge in [0, 0.05) is 11.1 Å². The number of imidazole rings is 1. The van der Waals surface area contributed by atoms with Crippen LogP contribution in [0.15, 0.2) is 146 Å². The van der Waals surface area contributed by atoms with Gasteiger partial charge >= 0.3 is 0 Å². The Balaban J connectivity index is 1.52. The number of benzene rings is 7. The second-order valence-corrected chi connectivity index (χ2v) is 14.3. The molecule has 0 fully saturated rings. The first-order chi connectivity index (χ1) is 23.5. The predicted molar refractivity (Wildman–Crippen MR) is 204 cm³/mol. The van der Waals surface area contributed by atoms with E-state index in [-0.39, 0.29) is 12.1 Å². The molecule has 3 heteroatoms. The minimum absolute atomic E-state index is 0.0161. The van der Waals surface area contributed by atoms with Crippen molar-refractivity contribution in [3.63, 3.8) is 0 Å². The smallest absolute Gasteiger partial charge is 0.248 e. The lowest BCUT2D eigenvalue weighted by Crippen LogP contribution is -2.59. The van der Waals surface area contributed by atoms with Crippen molar-refractivity contribution in [1.82, 2.24) is 9.55 Å². The normalized spacial score (nSPS) is 12.9. The Labute approximate surface area is 281 Å². The predicted octanol–water partition coefficient (Wildman–Crippen LogP) is 9.29. The summed E-state index contributed by atoms with van der Waals surface area (Å²) < 4.78 is 2.42. The minimum Gasteiger partial charge on any atom is -0.299 e. The van der Waals surface area contributed by atoms with Crippen LogP contribution in [0, 0.1) is 0 Å². The summed E-state index contributed by atoms with van der Waals surface area (Å²) in [5.74, 6) is 0. The molecule has 0 aliphatic carbocycles. The molecule has 7 aromatic carbocycles. The first kappa shape index (κ1) is 27.4. The average Bonchev–Trinajstić information content (AvgIpc) is 3.56. The van der Waals surface area contributed by atoms with Crippen LogP contribution in [0.1, 0.15) is 26.3 Å². The molecule has 3 heterocycles. The first-order valence-electron chi connectivity index (χ1n) is 16.9. The van der Waals surface area contributed by atoms with Crippen LogP contribution >= 0.6 is 0 Å². The maximum atomic E-state index is 5.16. The van der Waals surface area contributed by atoms with Gasteiger partial charge in [-0.1, -0.05) is 160 Å². The van der Waals surface area contributed by atoms with Gasteiger partial charge in [-0.3, -0.25) is 4.57 Å². The van der Waals surface area contributed by atoms with Crippen molar-refractivity contribution in [1.29, 1.82) is 0 Å². The van der Waals surface area contributed by atoms with E-state index in [4.69, 9.17) is 4.98 Å². The lowest BCUT2D eigenvalue weighted by molar-refractivity contribution is 0.591. The molecular formula is C45H33BN2. The lowest BCUT2D eigenvalue weighted by Gasteiger charge is -2.38. The Hall–Kier alpha value is -5.67. The van der Waals surface area contributed by atoms with Crippen LogP contribution in [0.2, 0.25) is 0 Å². The fourth-order valence-corrected chi connectivity index (χ4v) is 8.54. The molecule has 2 aliphatic rings. The summed E-state index contributed by atoms with van der Waals surface area (Å²) in [6.07, 6.45) is 2.08. The highest BCUT2D eigenvalue weighted by Gasteiger charge is 2.43. The Bertz CT molecular complexity index is 2570. The van der Waals surface area contributed by atoms with Gasteiger partial charge in [0.2, 0.25) is 6.71 Å². The Kier molecular flexibility index (Phi) is 5.67. The summed E-state index contributed by atoms with van der Waals surface area (Å²) in [4.78, 5) is 5.16. The SMILES string of the molecule is CC(C)(C)c1cc2c3c(c1)ncn3-c1c3c(c(-c4ccccc4)c(-c4ccccc4)c1-c1ccccc1)-c1cccc4cccc(c14)B32. The second kappa shape index (κ2) is 9.92. The molecule has 0 radical (unpaired) electrons. The fourth-order valence-electron chi connectivity index (χ4n) is 8.54. The molecule has 8 aromatic rings. The van der Waals surface area contributed by atoms with Crippen LogP contribution in [0.3, 0.4) is 0 Å². The van der Waals surface area contributed by atoms with Crippen LogP contribution in [0.5, 0.6) is 0 Å². The molecule has 0 bridgehead atoms. The first-order valence-corrected chi connectivity index (χ1v) is 16.9. The molecule has 0 unspecified atom stereocenters. The summed E-state index contributed by atoms with van der Waals surface area (Å²) in [6.45, 7) is 6.98. The van der Waals surface area contributed by atoms with Crippen LogP contribution < -0.4 is 16.4 Å². The largest absolute Gasteiger partial charge is 0.299 e. The summed E-state index contributed by atoms with van der Waals surface area (Å²) in [7, 11) is 0. The molecule has 0 spiro atoms. The van der Waals surface area contributed by atoms with Gasteiger partial charge in [0.1, 0.15) is 6.33 Å². The molecule has 2 nitrogen and oxygen atoms in total. The second-order valence-electron chi connectivity index (χ2n) is 14.3. The zero-order valence-electron chi connectivity index (χ0n) is 27.3. The topological polar surface area (TPSA) is 17.8 Å². The van der Waals surface area contributed by atoms with E-state index in [9.17, 15) is 0 Å². The molecule has 1 aromatic heterocycles. The number of nitrogens with zero attached hydrogens (tertiary/aromatic N) is 2. The Morgan fingerprint density at radius 2 is 1.15 bits per heavy atom. The molecular weight excluding hydrogens is 579 g/mol. The van der Waals surface area contributed by atoms with Gasteiger partial charge in [-0.25, -0.2) is 4.98 Å². The van der Waals surface area contributed by atoms with E-state index >= 15 is 0 Å². The van der Waals surface area contributed by atoms with Crippen molar-refractivity contribution in [2.24, 2.45) is 0 Å². The summed E-state index contributed by atoms with van der Waals surface area (Å²) in [5, 5.41) is 2.64. The summed E-state index contributed by atoms with van der Waals surface area (Å²) >= 11 is 0. The number of rotatable bonds is 3. The van der Waals surface area contributed by atoms with Crippen LogP contribution in [0.4, 0.5) is 0 Å². The molecule has 0 saturated heterocycles. The minimum atomic E-state index is -0.0161. The molecule has 0 atom stereocenters.